The Hall–Kier alpha value is -1.93. The highest BCUT2D eigenvalue weighted by atomic mass is 79.9. The molecule has 0 saturated carbocycles. The average Bonchev–Trinajstić information content (AvgIpc) is 2.33. The van der Waals surface area contributed by atoms with Gasteiger partial charge in [0.1, 0.15) is 10.7 Å². The van der Waals surface area contributed by atoms with E-state index in [9.17, 15) is 14.4 Å². The molecule has 2 heterocycles. The van der Waals surface area contributed by atoms with E-state index in [0.29, 0.717) is 10.2 Å². The number of amides is 1. The fourth-order valence-corrected chi connectivity index (χ4v) is 1.72. The molecule has 0 radical (unpaired) electrons. The number of carbonyl (C=O) groups is 1. The zero-order valence-corrected chi connectivity index (χ0v) is 11.5. The average molecular weight is 346 g/mol. The summed E-state index contributed by atoms with van der Waals surface area (Å²) < 4.78 is 0.502. The quantitative estimate of drug-likeness (QED) is 0.709. The van der Waals surface area contributed by atoms with E-state index in [-0.39, 0.29) is 10.7 Å². The molecule has 2 rings (SSSR count). The summed E-state index contributed by atoms with van der Waals surface area (Å²) in [7, 11) is 0. The van der Waals surface area contributed by atoms with Gasteiger partial charge in [-0.3, -0.25) is 14.6 Å². The molecule has 0 unspecified atom stereocenters. The monoisotopic (exact) mass is 344 g/mol. The van der Waals surface area contributed by atoms with Crippen LogP contribution in [0.25, 0.3) is 0 Å². The van der Waals surface area contributed by atoms with Crippen LogP contribution in [-0.2, 0) is 0 Å². The van der Waals surface area contributed by atoms with Gasteiger partial charge in [-0.1, -0.05) is 11.6 Å². The number of pyridine rings is 1. The van der Waals surface area contributed by atoms with Crippen molar-refractivity contribution in [2.45, 2.75) is 0 Å². The number of hydrogen-bond acceptors (Lipinski definition) is 4. The van der Waals surface area contributed by atoms with Crippen LogP contribution in [-0.4, -0.2) is 20.9 Å². The highest BCUT2D eigenvalue weighted by Gasteiger charge is 2.12. The van der Waals surface area contributed by atoms with Crippen molar-refractivity contribution in [2.75, 3.05) is 5.32 Å². The Morgan fingerprint density at radius 1 is 1.42 bits per heavy atom. The molecule has 0 fully saturated rings. The van der Waals surface area contributed by atoms with E-state index in [0.717, 1.165) is 6.20 Å². The van der Waals surface area contributed by atoms with Crippen LogP contribution < -0.4 is 16.6 Å². The first-order chi connectivity index (χ1) is 8.97. The third-order valence-corrected chi connectivity index (χ3v) is 3.25. The van der Waals surface area contributed by atoms with Gasteiger partial charge in [0.25, 0.3) is 11.5 Å². The Balaban J connectivity index is 2.28. The van der Waals surface area contributed by atoms with Crippen molar-refractivity contribution in [1.29, 1.82) is 0 Å². The van der Waals surface area contributed by atoms with Gasteiger partial charge in [-0.15, -0.1) is 0 Å². The zero-order valence-electron chi connectivity index (χ0n) is 9.16. The number of aromatic amines is 2. The van der Waals surface area contributed by atoms with Gasteiger partial charge in [-0.05, 0) is 22.0 Å². The van der Waals surface area contributed by atoms with Gasteiger partial charge >= 0.3 is 5.69 Å². The lowest BCUT2D eigenvalue weighted by Crippen LogP contribution is -2.29. The molecule has 98 valence electrons. The Morgan fingerprint density at radius 2 is 2.16 bits per heavy atom. The maximum Gasteiger partial charge on any atom is 0.325 e. The van der Waals surface area contributed by atoms with Crippen molar-refractivity contribution in [3.63, 3.8) is 0 Å². The summed E-state index contributed by atoms with van der Waals surface area (Å²) in [4.78, 5) is 42.0. The van der Waals surface area contributed by atoms with E-state index in [4.69, 9.17) is 11.6 Å². The summed E-state index contributed by atoms with van der Waals surface area (Å²) >= 11 is 8.87. The van der Waals surface area contributed by atoms with Crippen molar-refractivity contribution < 1.29 is 4.79 Å². The van der Waals surface area contributed by atoms with E-state index in [1.807, 2.05) is 4.98 Å². The molecule has 0 saturated heterocycles. The summed E-state index contributed by atoms with van der Waals surface area (Å²) in [6, 6.07) is 1.53. The topological polar surface area (TPSA) is 108 Å². The van der Waals surface area contributed by atoms with Crippen molar-refractivity contribution in [3.05, 3.63) is 54.5 Å². The first kappa shape index (κ1) is 13.5. The number of nitrogens with one attached hydrogen (secondary N) is 3. The Bertz CT molecular complexity index is 755. The predicted octanol–water partition coefficient (Wildman–Crippen LogP) is 1.13. The molecule has 7 nitrogen and oxygen atoms in total. The largest absolute Gasteiger partial charge is 0.325 e. The van der Waals surface area contributed by atoms with E-state index in [1.54, 1.807) is 0 Å². The summed E-state index contributed by atoms with van der Waals surface area (Å²) in [6.07, 6.45) is 2.37. The number of hydrogen-bond donors (Lipinski definition) is 3. The van der Waals surface area contributed by atoms with Crippen LogP contribution in [0.1, 0.15) is 10.4 Å². The Labute approximate surface area is 119 Å². The van der Waals surface area contributed by atoms with Gasteiger partial charge in [0.05, 0.1) is 16.4 Å². The molecule has 9 heteroatoms. The van der Waals surface area contributed by atoms with Crippen LogP contribution in [0.4, 0.5) is 5.69 Å². The molecule has 0 aromatic carbocycles. The second-order valence-electron chi connectivity index (χ2n) is 3.44. The molecule has 0 aliphatic heterocycles. The lowest BCUT2D eigenvalue weighted by molar-refractivity contribution is 0.102. The number of anilines is 1. The van der Waals surface area contributed by atoms with E-state index in [1.165, 1.54) is 12.3 Å². The SMILES string of the molecule is O=C(Nc1cnc(Cl)c(Br)c1)c1c[nH]c(=O)[nH]c1=O. The standard InChI is InChI=1S/C10H6BrClN4O3/c11-6-1-4(2-13-7(6)12)15-8(17)5-3-14-10(19)16-9(5)18/h1-3H,(H,15,17)(H2,14,16,18,19). The molecular formula is C10H6BrClN4O3. The minimum absolute atomic E-state index is 0.217. The highest BCUT2D eigenvalue weighted by Crippen LogP contribution is 2.22. The van der Waals surface area contributed by atoms with E-state index < -0.39 is 17.2 Å². The number of rotatable bonds is 2. The number of aromatic nitrogens is 3. The van der Waals surface area contributed by atoms with Crippen molar-refractivity contribution in [3.8, 4) is 0 Å². The van der Waals surface area contributed by atoms with Crippen molar-refractivity contribution in [2.24, 2.45) is 0 Å². The van der Waals surface area contributed by atoms with Gasteiger partial charge in [0, 0.05) is 6.20 Å². The third-order valence-electron chi connectivity index (χ3n) is 2.12. The lowest BCUT2D eigenvalue weighted by Gasteiger charge is -2.04. The molecule has 0 atom stereocenters. The molecule has 2 aromatic rings. The van der Waals surface area contributed by atoms with Crippen LogP contribution in [0.5, 0.6) is 0 Å². The van der Waals surface area contributed by atoms with E-state index in [2.05, 4.69) is 31.2 Å². The molecule has 0 aliphatic carbocycles. The zero-order chi connectivity index (χ0) is 14.0. The minimum atomic E-state index is -0.776. The summed E-state index contributed by atoms with van der Waals surface area (Å²) in [6.45, 7) is 0. The van der Waals surface area contributed by atoms with Crippen LogP contribution in [0.15, 0.2) is 32.5 Å². The molecule has 0 bridgehead atoms. The molecule has 2 aromatic heterocycles. The molecule has 0 spiro atoms. The number of halogens is 2. The van der Waals surface area contributed by atoms with Gasteiger partial charge in [-0.25, -0.2) is 9.78 Å². The predicted molar refractivity (Wildman–Crippen MR) is 72.6 cm³/mol. The van der Waals surface area contributed by atoms with Crippen molar-refractivity contribution in [1.82, 2.24) is 15.0 Å². The first-order valence-corrected chi connectivity index (χ1v) is 6.09. The number of H-pyrrole nitrogens is 2. The number of carbonyl (C=O) groups excluding carboxylic acids is 1. The van der Waals surface area contributed by atoms with E-state index >= 15 is 0 Å². The van der Waals surface area contributed by atoms with Crippen LogP contribution in [0.2, 0.25) is 5.15 Å². The minimum Gasteiger partial charge on any atom is -0.320 e. The Morgan fingerprint density at radius 3 is 2.79 bits per heavy atom. The van der Waals surface area contributed by atoms with Gasteiger partial charge in [0.15, 0.2) is 0 Å². The molecule has 19 heavy (non-hydrogen) atoms. The molecule has 3 N–H and O–H groups in total. The third kappa shape index (κ3) is 3.09. The van der Waals surface area contributed by atoms with Crippen LogP contribution >= 0.6 is 27.5 Å². The van der Waals surface area contributed by atoms with Crippen molar-refractivity contribution >= 4 is 39.1 Å². The molecular weight excluding hydrogens is 339 g/mol. The second kappa shape index (κ2) is 5.37. The van der Waals surface area contributed by atoms with Gasteiger partial charge in [0.2, 0.25) is 0 Å². The summed E-state index contributed by atoms with van der Waals surface area (Å²) in [5, 5.41) is 2.70. The summed E-state index contributed by atoms with van der Waals surface area (Å²) in [5.74, 6) is -0.673. The van der Waals surface area contributed by atoms with Crippen LogP contribution in [0, 0.1) is 0 Å². The summed E-state index contributed by atoms with van der Waals surface area (Å²) in [5.41, 5.74) is -1.32. The van der Waals surface area contributed by atoms with Gasteiger partial charge < -0.3 is 10.3 Å². The maximum atomic E-state index is 11.8. The second-order valence-corrected chi connectivity index (χ2v) is 4.65. The fraction of sp³-hybridized carbons (Fsp3) is 0. The molecule has 1 amide bonds. The first-order valence-electron chi connectivity index (χ1n) is 4.92. The number of nitrogens with zero attached hydrogens (tertiary/aromatic N) is 1. The molecule has 0 aliphatic rings. The normalized spacial score (nSPS) is 10.2. The van der Waals surface area contributed by atoms with Crippen LogP contribution in [0.3, 0.4) is 0 Å². The highest BCUT2D eigenvalue weighted by molar-refractivity contribution is 9.10. The van der Waals surface area contributed by atoms with Gasteiger partial charge in [-0.2, -0.15) is 0 Å². The smallest absolute Gasteiger partial charge is 0.320 e. The lowest BCUT2D eigenvalue weighted by atomic mass is 10.3. The Kier molecular flexibility index (Phi) is 3.82. The fourth-order valence-electron chi connectivity index (χ4n) is 1.27. The maximum absolute atomic E-state index is 11.8.